The Morgan fingerprint density at radius 3 is 2.48 bits per heavy atom. The number of hydrogen-bond donors (Lipinski definition) is 0. The maximum absolute atomic E-state index is 15.2. The molecule has 4 heterocycles. The summed E-state index contributed by atoms with van der Waals surface area (Å²) in [7, 11) is 1.52. The summed E-state index contributed by atoms with van der Waals surface area (Å²) in [5.41, 5.74) is 1.13. The van der Waals surface area contributed by atoms with E-state index in [-0.39, 0.29) is 29.9 Å². The van der Waals surface area contributed by atoms with Crippen molar-refractivity contribution in [3.63, 3.8) is 0 Å². The van der Waals surface area contributed by atoms with Gasteiger partial charge in [-0.3, -0.25) is 0 Å². The van der Waals surface area contributed by atoms with Crippen LogP contribution in [0.1, 0.15) is 54.1 Å². The van der Waals surface area contributed by atoms with Gasteiger partial charge in [0.05, 0.1) is 12.8 Å². The summed E-state index contributed by atoms with van der Waals surface area (Å²) in [4.78, 5) is 25.4. The van der Waals surface area contributed by atoms with Crippen LogP contribution >= 0.6 is 0 Å². The number of aryl methyl sites for hydroxylation is 1. The maximum Gasteiger partial charge on any atom is 0.434 e. The van der Waals surface area contributed by atoms with E-state index in [1.54, 1.807) is 13.1 Å². The van der Waals surface area contributed by atoms with Crippen LogP contribution in [0.5, 0.6) is 11.8 Å². The van der Waals surface area contributed by atoms with Gasteiger partial charge in [0.2, 0.25) is 11.8 Å². The van der Waals surface area contributed by atoms with Gasteiger partial charge in [-0.05, 0) is 44.6 Å². The molecule has 208 valence electrons. The number of halogens is 4. The number of pyridine rings is 1. The van der Waals surface area contributed by atoms with Crippen molar-refractivity contribution in [3.05, 3.63) is 59.3 Å². The van der Waals surface area contributed by atoms with Crippen molar-refractivity contribution in [3.8, 4) is 34.7 Å². The number of imidazole rings is 1. The smallest absolute Gasteiger partial charge is 0.434 e. The molecule has 0 unspecified atom stereocenters. The summed E-state index contributed by atoms with van der Waals surface area (Å²) in [6, 6.07) is 1.18. The van der Waals surface area contributed by atoms with Crippen LogP contribution in [0.25, 0.3) is 22.9 Å². The summed E-state index contributed by atoms with van der Waals surface area (Å²) in [6.07, 6.45) is 4.56. The molecule has 6 rings (SSSR count). The van der Waals surface area contributed by atoms with Crippen LogP contribution in [0.4, 0.5) is 17.6 Å². The van der Waals surface area contributed by atoms with Crippen LogP contribution in [0.15, 0.2) is 31.0 Å². The first-order valence-corrected chi connectivity index (χ1v) is 12.9. The van der Waals surface area contributed by atoms with E-state index < -0.39 is 17.7 Å². The third-order valence-corrected chi connectivity index (χ3v) is 6.85. The molecule has 9 nitrogen and oxygen atoms in total. The molecule has 2 aliphatic carbocycles. The summed E-state index contributed by atoms with van der Waals surface area (Å²) < 4.78 is 67.8. The number of nitrogens with zero attached hydrogens (tertiary/aromatic N) is 7. The molecule has 0 amide bonds. The third-order valence-electron chi connectivity index (χ3n) is 6.85. The average molecular weight is 556 g/mol. The fourth-order valence-corrected chi connectivity index (χ4v) is 4.44. The lowest BCUT2D eigenvalue weighted by atomic mass is 10.1. The Labute approximate surface area is 226 Å². The Kier molecular flexibility index (Phi) is 6.59. The normalized spacial score (nSPS) is 15.3. The van der Waals surface area contributed by atoms with Gasteiger partial charge in [-0.25, -0.2) is 29.3 Å². The fourth-order valence-electron chi connectivity index (χ4n) is 4.44. The minimum Gasteiger partial charge on any atom is -0.480 e. The van der Waals surface area contributed by atoms with E-state index in [1.807, 2.05) is 0 Å². The van der Waals surface area contributed by atoms with E-state index in [2.05, 4.69) is 29.9 Å². The predicted octanol–water partition coefficient (Wildman–Crippen LogP) is 5.53. The predicted molar refractivity (Wildman–Crippen MR) is 134 cm³/mol. The van der Waals surface area contributed by atoms with E-state index in [1.165, 1.54) is 30.3 Å². The number of hydrogen-bond acceptors (Lipinski definition) is 8. The lowest BCUT2D eigenvalue weighted by Gasteiger charge is -2.13. The molecule has 0 aromatic carbocycles. The highest BCUT2D eigenvalue weighted by Gasteiger charge is 2.36. The first-order valence-electron chi connectivity index (χ1n) is 12.9. The third kappa shape index (κ3) is 5.32. The van der Waals surface area contributed by atoms with Crippen LogP contribution in [0.3, 0.4) is 0 Å². The van der Waals surface area contributed by atoms with Crippen molar-refractivity contribution in [2.24, 2.45) is 5.92 Å². The highest BCUT2D eigenvalue weighted by Crippen LogP contribution is 2.45. The van der Waals surface area contributed by atoms with Crippen molar-refractivity contribution in [2.45, 2.75) is 57.9 Å². The van der Waals surface area contributed by atoms with Gasteiger partial charge >= 0.3 is 6.18 Å². The van der Waals surface area contributed by atoms with Gasteiger partial charge in [0.15, 0.2) is 23.2 Å². The number of rotatable bonds is 9. The van der Waals surface area contributed by atoms with E-state index in [9.17, 15) is 13.2 Å². The van der Waals surface area contributed by atoms with Crippen LogP contribution in [0, 0.1) is 18.7 Å². The van der Waals surface area contributed by atoms with Gasteiger partial charge in [0.1, 0.15) is 24.2 Å². The largest absolute Gasteiger partial charge is 0.480 e. The van der Waals surface area contributed by atoms with E-state index in [0.717, 1.165) is 37.6 Å². The topological polar surface area (TPSA) is 101 Å². The summed E-state index contributed by atoms with van der Waals surface area (Å²) in [5.74, 6) is 0.597. The second-order valence-electron chi connectivity index (χ2n) is 10.1. The SMILES string of the molecule is COc1ncnc(C2CC2)c1-c1ncc(C)c(OCc2cnc(-c3nc(C(F)(F)F)cn3CC3CC3)c(F)c2)n1. The van der Waals surface area contributed by atoms with Gasteiger partial charge in [-0.15, -0.1) is 0 Å². The highest BCUT2D eigenvalue weighted by molar-refractivity contribution is 5.66. The van der Waals surface area contributed by atoms with Gasteiger partial charge in [0.25, 0.3) is 0 Å². The van der Waals surface area contributed by atoms with Gasteiger partial charge in [-0.2, -0.15) is 18.2 Å². The zero-order valence-electron chi connectivity index (χ0n) is 21.7. The summed E-state index contributed by atoms with van der Waals surface area (Å²) in [5, 5.41) is 0. The van der Waals surface area contributed by atoms with Crippen molar-refractivity contribution >= 4 is 0 Å². The molecule has 4 aromatic rings. The van der Waals surface area contributed by atoms with Gasteiger partial charge in [-0.1, -0.05) is 0 Å². The molecule has 40 heavy (non-hydrogen) atoms. The molecule has 0 spiro atoms. The van der Waals surface area contributed by atoms with Crippen molar-refractivity contribution < 1.29 is 27.0 Å². The minimum absolute atomic E-state index is 0.0796. The molecule has 13 heteroatoms. The number of methoxy groups -OCH3 is 1. The Morgan fingerprint density at radius 2 is 1.80 bits per heavy atom. The standard InChI is InChI=1S/C27H25F4N7O2/c1-14-8-33-23(20-21(17-5-6-17)34-13-35-26(20)39-2)37-25(14)40-12-16-7-18(28)22(32-9-16)24-36-19(27(29,30)31)11-38(24)10-15-3-4-15/h7-9,11,13,15,17H,3-6,10,12H2,1-2H3. The monoisotopic (exact) mass is 555 g/mol. The van der Waals surface area contributed by atoms with Crippen molar-refractivity contribution in [1.82, 2.24) is 34.5 Å². The average Bonchev–Trinajstić information content (AvgIpc) is 3.86. The molecule has 2 saturated carbocycles. The number of alkyl halides is 3. The molecule has 0 bridgehead atoms. The van der Waals surface area contributed by atoms with Crippen molar-refractivity contribution in [2.75, 3.05) is 7.11 Å². The lowest BCUT2D eigenvalue weighted by molar-refractivity contribution is -0.140. The lowest BCUT2D eigenvalue weighted by Crippen LogP contribution is -2.06. The minimum atomic E-state index is -4.64. The Morgan fingerprint density at radius 1 is 1.00 bits per heavy atom. The highest BCUT2D eigenvalue weighted by atomic mass is 19.4. The quantitative estimate of drug-likeness (QED) is 0.249. The molecule has 0 atom stereocenters. The Bertz CT molecular complexity index is 1570. The van der Waals surface area contributed by atoms with Gasteiger partial charge < -0.3 is 14.0 Å². The van der Waals surface area contributed by atoms with Crippen LogP contribution in [-0.4, -0.2) is 41.6 Å². The molecule has 2 fully saturated rings. The first-order chi connectivity index (χ1) is 19.2. The maximum atomic E-state index is 15.2. The van der Waals surface area contributed by atoms with Gasteiger partial charge in [0, 0.05) is 42.2 Å². The van der Waals surface area contributed by atoms with Crippen LogP contribution in [0.2, 0.25) is 0 Å². The second kappa shape index (κ2) is 10.1. The van der Waals surface area contributed by atoms with E-state index in [0.29, 0.717) is 40.9 Å². The Balaban J connectivity index is 1.24. The Hall–Kier alpha value is -4.16. The van der Waals surface area contributed by atoms with Crippen LogP contribution < -0.4 is 9.47 Å². The molecule has 0 N–H and O–H groups in total. The summed E-state index contributed by atoms with van der Waals surface area (Å²) in [6.45, 7) is 2.03. The molecule has 0 saturated heterocycles. The fraction of sp³-hybridized carbons (Fsp3) is 0.407. The number of aromatic nitrogens is 7. The molecule has 4 aromatic heterocycles. The molecular formula is C27H25F4N7O2. The van der Waals surface area contributed by atoms with Crippen molar-refractivity contribution in [1.29, 1.82) is 0 Å². The second-order valence-corrected chi connectivity index (χ2v) is 10.1. The van der Waals surface area contributed by atoms with E-state index in [4.69, 9.17) is 9.47 Å². The first kappa shape index (κ1) is 26.1. The zero-order chi connectivity index (χ0) is 28.0. The number of ether oxygens (including phenoxy) is 2. The molecular weight excluding hydrogens is 530 g/mol. The van der Waals surface area contributed by atoms with Crippen LogP contribution in [-0.2, 0) is 19.3 Å². The summed E-state index contributed by atoms with van der Waals surface area (Å²) >= 11 is 0. The molecule has 0 aliphatic heterocycles. The molecule has 2 aliphatic rings. The van der Waals surface area contributed by atoms with E-state index >= 15 is 4.39 Å². The molecule has 0 radical (unpaired) electrons. The zero-order valence-corrected chi connectivity index (χ0v) is 21.7.